The van der Waals surface area contributed by atoms with Gasteiger partial charge in [-0.3, -0.25) is 4.79 Å². The van der Waals surface area contributed by atoms with Crippen molar-refractivity contribution in [3.63, 3.8) is 0 Å². The molecule has 0 radical (unpaired) electrons. The Morgan fingerprint density at radius 3 is 2.73 bits per heavy atom. The number of alkyl halides is 3. The van der Waals surface area contributed by atoms with Crippen molar-refractivity contribution < 1.29 is 27.8 Å². The Morgan fingerprint density at radius 2 is 2.18 bits per heavy atom. The molecule has 22 heavy (non-hydrogen) atoms. The second-order valence-electron chi connectivity index (χ2n) is 5.08. The zero-order chi connectivity index (χ0) is 16.5. The fourth-order valence-electron chi connectivity index (χ4n) is 2.51. The van der Waals surface area contributed by atoms with Crippen LogP contribution in [0.2, 0.25) is 5.02 Å². The van der Waals surface area contributed by atoms with Gasteiger partial charge in [0.15, 0.2) is 0 Å². The summed E-state index contributed by atoms with van der Waals surface area (Å²) in [6.45, 7) is -0.0458. The van der Waals surface area contributed by atoms with E-state index in [0.717, 1.165) is 12.1 Å². The molecule has 1 aromatic carbocycles. The number of carbonyl (C=O) groups excluding carboxylic acids is 1. The summed E-state index contributed by atoms with van der Waals surface area (Å²) in [5, 5.41) is 8.86. The summed E-state index contributed by atoms with van der Waals surface area (Å²) in [5.74, 6) is -0.583. The summed E-state index contributed by atoms with van der Waals surface area (Å²) >= 11 is 5.54. The highest BCUT2D eigenvalue weighted by molar-refractivity contribution is 6.31. The van der Waals surface area contributed by atoms with E-state index in [2.05, 4.69) is 0 Å². The van der Waals surface area contributed by atoms with Crippen molar-refractivity contribution in [1.29, 1.82) is 0 Å². The first-order chi connectivity index (χ1) is 10.3. The molecule has 2 rings (SSSR count). The smallest absolute Gasteiger partial charge is 0.394 e. The molecule has 1 N–H and O–H groups in total. The Bertz CT molecular complexity index is 565. The lowest BCUT2D eigenvalue weighted by atomic mass is 10.1. The third kappa shape index (κ3) is 3.37. The minimum atomic E-state index is -4.64. The molecule has 0 aromatic heterocycles. The summed E-state index contributed by atoms with van der Waals surface area (Å²) in [6.07, 6.45) is -4.43. The molecule has 0 aliphatic carbocycles. The van der Waals surface area contributed by atoms with Crippen molar-refractivity contribution in [3.8, 4) is 0 Å². The van der Waals surface area contributed by atoms with Crippen molar-refractivity contribution >= 4 is 17.5 Å². The molecule has 0 bridgehead atoms. The van der Waals surface area contributed by atoms with Crippen molar-refractivity contribution in [2.75, 3.05) is 20.3 Å². The third-order valence-corrected chi connectivity index (χ3v) is 4.03. The number of aliphatic hydroxyl groups is 1. The fraction of sp³-hybridized carbons (Fsp3) is 0.500. The maximum atomic E-state index is 12.9. The second-order valence-corrected chi connectivity index (χ2v) is 5.49. The Labute approximate surface area is 130 Å². The number of rotatable bonds is 3. The van der Waals surface area contributed by atoms with Crippen LogP contribution in [-0.2, 0) is 10.9 Å². The van der Waals surface area contributed by atoms with E-state index in [4.69, 9.17) is 16.3 Å². The van der Waals surface area contributed by atoms with Crippen LogP contribution in [0.4, 0.5) is 13.2 Å². The highest BCUT2D eigenvalue weighted by Gasteiger charge is 2.37. The van der Waals surface area contributed by atoms with Crippen LogP contribution in [0.25, 0.3) is 0 Å². The van der Waals surface area contributed by atoms with Crippen LogP contribution in [0, 0.1) is 0 Å². The lowest BCUT2D eigenvalue weighted by Crippen LogP contribution is -2.38. The first-order valence-electron chi connectivity index (χ1n) is 6.59. The SMILES string of the molecule is CO[C@H]1C[C@@H](CO)N(C(=O)c2ccc(Cl)c(C(F)(F)F)c2)C1. The van der Waals surface area contributed by atoms with Crippen LogP contribution in [-0.4, -0.2) is 48.3 Å². The number of likely N-dealkylation sites (tertiary alicyclic amines) is 1. The van der Waals surface area contributed by atoms with Crippen LogP contribution in [0.5, 0.6) is 0 Å². The van der Waals surface area contributed by atoms with Gasteiger partial charge >= 0.3 is 6.18 Å². The molecular weight excluding hydrogens is 323 g/mol. The predicted octanol–water partition coefficient (Wildman–Crippen LogP) is 2.58. The Balaban J connectivity index is 2.30. The van der Waals surface area contributed by atoms with Gasteiger partial charge in [-0.25, -0.2) is 0 Å². The van der Waals surface area contributed by atoms with Gasteiger partial charge in [0.25, 0.3) is 5.91 Å². The van der Waals surface area contributed by atoms with E-state index in [9.17, 15) is 23.1 Å². The minimum Gasteiger partial charge on any atom is -0.394 e. The molecule has 8 heteroatoms. The minimum absolute atomic E-state index is 0.119. The van der Waals surface area contributed by atoms with Crippen LogP contribution in [0.15, 0.2) is 18.2 Å². The zero-order valence-corrected chi connectivity index (χ0v) is 12.5. The van der Waals surface area contributed by atoms with Crippen LogP contribution < -0.4 is 0 Å². The van der Waals surface area contributed by atoms with Gasteiger partial charge in [0.05, 0.1) is 29.3 Å². The Kier molecular flexibility index (Phi) is 4.99. The molecule has 1 heterocycles. The molecule has 4 nitrogen and oxygen atoms in total. The number of ether oxygens (including phenoxy) is 1. The number of hydrogen-bond donors (Lipinski definition) is 1. The van der Waals surface area contributed by atoms with E-state index in [1.54, 1.807) is 0 Å². The van der Waals surface area contributed by atoms with Crippen molar-refractivity contribution in [2.45, 2.75) is 24.7 Å². The molecule has 1 fully saturated rings. The van der Waals surface area contributed by atoms with E-state index in [1.807, 2.05) is 0 Å². The maximum Gasteiger partial charge on any atom is 0.417 e. The van der Waals surface area contributed by atoms with Crippen molar-refractivity contribution in [2.24, 2.45) is 0 Å². The summed E-state index contributed by atoms with van der Waals surface area (Å²) in [7, 11) is 1.48. The number of halogens is 4. The highest BCUT2D eigenvalue weighted by atomic mass is 35.5. The van der Waals surface area contributed by atoms with Gasteiger partial charge in [-0.2, -0.15) is 13.2 Å². The Morgan fingerprint density at radius 1 is 1.50 bits per heavy atom. The van der Waals surface area contributed by atoms with E-state index >= 15 is 0 Å². The zero-order valence-electron chi connectivity index (χ0n) is 11.7. The largest absolute Gasteiger partial charge is 0.417 e. The lowest BCUT2D eigenvalue weighted by molar-refractivity contribution is -0.137. The normalized spacial score (nSPS) is 22.2. The molecule has 1 aliphatic rings. The van der Waals surface area contributed by atoms with E-state index in [1.165, 1.54) is 18.1 Å². The van der Waals surface area contributed by atoms with Crippen LogP contribution in [0.3, 0.4) is 0 Å². The average Bonchev–Trinajstić information content (AvgIpc) is 2.89. The van der Waals surface area contributed by atoms with E-state index in [-0.39, 0.29) is 24.8 Å². The van der Waals surface area contributed by atoms with Gasteiger partial charge in [0.1, 0.15) is 0 Å². The monoisotopic (exact) mass is 337 g/mol. The van der Waals surface area contributed by atoms with Gasteiger partial charge in [0.2, 0.25) is 0 Å². The molecular formula is C14H15ClF3NO3. The van der Waals surface area contributed by atoms with Crippen LogP contribution >= 0.6 is 11.6 Å². The van der Waals surface area contributed by atoms with Gasteiger partial charge < -0.3 is 14.7 Å². The second kappa shape index (κ2) is 6.44. The third-order valence-electron chi connectivity index (χ3n) is 3.70. The summed E-state index contributed by atoms with van der Waals surface area (Å²) in [6, 6.07) is 2.56. The lowest BCUT2D eigenvalue weighted by Gasteiger charge is -2.23. The number of nitrogens with zero attached hydrogens (tertiary/aromatic N) is 1. The molecule has 0 spiro atoms. The van der Waals surface area contributed by atoms with Gasteiger partial charge in [-0.1, -0.05) is 11.6 Å². The van der Waals surface area contributed by atoms with Gasteiger partial charge in [-0.05, 0) is 24.6 Å². The molecule has 1 amide bonds. The molecule has 1 saturated heterocycles. The predicted molar refractivity (Wildman–Crippen MR) is 73.8 cm³/mol. The maximum absolute atomic E-state index is 12.9. The molecule has 1 aromatic rings. The van der Waals surface area contributed by atoms with Crippen molar-refractivity contribution in [1.82, 2.24) is 4.90 Å². The first-order valence-corrected chi connectivity index (χ1v) is 6.97. The molecule has 2 atom stereocenters. The number of hydrogen-bond acceptors (Lipinski definition) is 3. The quantitative estimate of drug-likeness (QED) is 0.922. The summed E-state index contributed by atoms with van der Waals surface area (Å²) in [5.41, 5.74) is -1.17. The van der Waals surface area contributed by atoms with Crippen LogP contribution in [0.1, 0.15) is 22.3 Å². The number of benzene rings is 1. The van der Waals surface area contributed by atoms with E-state index in [0.29, 0.717) is 6.42 Å². The Hall–Kier alpha value is -1.31. The fourth-order valence-corrected chi connectivity index (χ4v) is 2.73. The van der Waals surface area contributed by atoms with E-state index < -0.39 is 28.7 Å². The number of carbonyl (C=O) groups is 1. The number of amides is 1. The van der Waals surface area contributed by atoms with Gasteiger partial charge in [0, 0.05) is 19.2 Å². The van der Waals surface area contributed by atoms with Gasteiger partial charge in [-0.15, -0.1) is 0 Å². The van der Waals surface area contributed by atoms with Crippen molar-refractivity contribution in [3.05, 3.63) is 34.3 Å². The number of aliphatic hydroxyl groups excluding tert-OH is 1. The first kappa shape index (κ1) is 17.1. The molecule has 0 saturated carbocycles. The summed E-state index contributed by atoms with van der Waals surface area (Å²) < 4.78 is 43.7. The summed E-state index contributed by atoms with van der Waals surface area (Å²) in [4.78, 5) is 13.7. The highest BCUT2D eigenvalue weighted by Crippen LogP contribution is 2.35. The topological polar surface area (TPSA) is 49.8 Å². The molecule has 1 aliphatic heterocycles. The molecule has 0 unspecified atom stereocenters. The average molecular weight is 338 g/mol. The molecule has 122 valence electrons. The number of methoxy groups -OCH3 is 1. The standard InChI is InChI=1S/C14H15ClF3NO3/c1-22-10-5-9(7-20)19(6-10)13(21)8-2-3-12(15)11(4-8)14(16,17)18/h2-4,9-10,20H,5-7H2,1H3/t9-,10-/m0/s1.